The van der Waals surface area contributed by atoms with E-state index < -0.39 is 47.6 Å². The Bertz CT molecular complexity index is 1680. The average Bonchev–Trinajstić information content (AvgIpc) is 3.38. The Balaban J connectivity index is 1.32. The molecule has 2 aromatic rings. The van der Waals surface area contributed by atoms with Crippen molar-refractivity contribution in [1.29, 1.82) is 0 Å². The molecule has 0 spiro atoms. The summed E-state index contributed by atoms with van der Waals surface area (Å²) >= 11 is 0. The Morgan fingerprint density at radius 2 is 1.86 bits per heavy atom. The molecule has 1 saturated heterocycles. The maximum atomic E-state index is 14.4. The number of Topliss-reactive ketones (excluding diaryl/α,β-unsaturated/α-hetero) is 1. The summed E-state index contributed by atoms with van der Waals surface area (Å²) in [7, 11) is 3.07. The van der Waals surface area contributed by atoms with Gasteiger partial charge in [-0.05, 0) is 76.2 Å². The molecule has 4 aliphatic rings. The first-order valence-corrected chi connectivity index (χ1v) is 18.1. The van der Waals surface area contributed by atoms with Crippen molar-refractivity contribution in [2.45, 2.75) is 114 Å². The van der Waals surface area contributed by atoms with Gasteiger partial charge in [-0.1, -0.05) is 37.1 Å². The maximum Gasteiger partial charge on any atom is 0.408 e. The number of amides is 3. The number of benzene rings is 1. The smallest absolute Gasteiger partial charge is 0.408 e. The summed E-state index contributed by atoms with van der Waals surface area (Å²) in [5.41, 5.74) is 0.587. The highest BCUT2D eigenvalue weighted by molar-refractivity contribution is 6.23. The van der Waals surface area contributed by atoms with Crippen LogP contribution in [0.15, 0.2) is 36.4 Å². The first-order valence-electron chi connectivity index (χ1n) is 18.1. The number of nitrogens with one attached hydrogen (secondary N) is 2. The van der Waals surface area contributed by atoms with E-state index in [0.717, 1.165) is 50.5 Å². The molecule has 12 nitrogen and oxygen atoms in total. The summed E-state index contributed by atoms with van der Waals surface area (Å²) in [6.45, 7) is 1.96. The quantitative estimate of drug-likeness (QED) is 0.192. The summed E-state index contributed by atoms with van der Waals surface area (Å²) in [6.07, 6.45) is 10.5. The zero-order chi connectivity index (χ0) is 35.4. The molecule has 13 heteroatoms. The van der Waals surface area contributed by atoms with Crippen LogP contribution >= 0.6 is 0 Å². The first kappa shape index (κ1) is 35.4. The van der Waals surface area contributed by atoms with Crippen LogP contribution in [0.1, 0.15) is 86.7 Å². The molecule has 6 rings (SSSR count). The normalized spacial score (nSPS) is 28.0. The monoisotopic (exact) mass is 686 g/mol. The zero-order valence-corrected chi connectivity index (χ0v) is 29.2. The van der Waals surface area contributed by atoms with E-state index in [0.29, 0.717) is 35.9 Å². The summed E-state index contributed by atoms with van der Waals surface area (Å²) in [5, 5.41) is 6.50. The molecule has 5 atom stereocenters. The van der Waals surface area contributed by atoms with Crippen LogP contribution in [0.3, 0.4) is 0 Å². The second-order valence-electron chi connectivity index (χ2n) is 14.1. The molecule has 266 valence electrons. The largest absolute Gasteiger partial charge is 0.488 e. The van der Waals surface area contributed by atoms with Gasteiger partial charge < -0.3 is 29.7 Å². The number of hydrogen-bond donors (Lipinski definition) is 2. The fourth-order valence-corrected chi connectivity index (χ4v) is 7.61. The fraction of sp³-hybridized carbons (Fsp3) is 0.568. The minimum atomic E-state index is -1.22. The van der Waals surface area contributed by atoms with Crippen LogP contribution < -0.4 is 15.4 Å². The Morgan fingerprint density at radius 3 is 2.62 bits per heavy atom. The van der Waals surface area contributed by atoms with Gasteiger partial charge in [0.25, 0.3) is 0 Å². The third-order valence-corrected chi connectivity index (χ3v) is 10.6. The Hall–Kier alpha value is -4.42. The van der Waals surface area contributed by atoms with E-state index in [4.69, 9.17) is 14.2 Å². The van der Waals surface area contributed by atoms with Gasteiger partial charge in [0.2, 0.25) is 11.8 Å². The molecule has 2 aliphatic carbocycles. The number of carbonyl (C=O) groups excluding carboxylic acids is 5. The fourth-order valence-electron chi connectivity index (χ4n) is 7.61. The molecule has 0 radical (unpaired) electrons. The molecule has 0 bridgehead atoms. The summed E-state index contributed by atoms with van der Waals surface area (Å²) < 4.78 is 17.4. The van der Waals surface area contributed by atoms with Crippen LogP contribution in [0.4, 0.5) is 4.79 Å². The number of aryl methyl sites for hydroxylation is 1. The summed E-state index contributed by atoms with van der Waals surface area (Å²) in [6, 6.07) is 5.38. The summed E-state index contributed by atoms with van der Waals surface area (Å²) in [5.74, 6) is -1.36. The third kappa shape index (κ3) is 7.51. The minimum Gasteiger partial charge on any atom is -0.488 e. The predicted molar refractivity (Wildman–Crippen MR) is 188 cm³/mol. The van der Waals surface area contributed by atoms with E-state index in [-0.39, 0.29) is 42.8 Å². The van der Waals surface area contributed by atoms with Crippen molar-refractivity contribution >= 4 is 48.4 Å². The third-order valence-electron chi connectivity index (χ3n) is 10.6. The molecule has 1 aromatic heterocycles. The minimum absolute atomic E-state index is 0.0496. The number of carbonyl (C=O) groups is 5. The van der Waals surface area contributed by atoms with E-state index in [1.807, 2.05) is 37.3 Å². The van der Waals surface area contributed by atoms with Crippen molar-refractivity contribution in [2.75, 3.05) is 13.7 Å². The van der Waals surface area contributed by atoms with Crippen LogP contribution in [-0.2, 0) is 23.9 Å². The maximum absolute atomic E-state index is 14.4. The van der Waals surface area contributed by atoms with Gasteiger partial charge in [-0.25, -0.2) is 14.6 Å². The Kier molecular flexibility index (Phi) is 10.8. The number of pyridine rings is 1. The van der Waals surface area contributed by atoms with Crippen LogP contribution in [0.5, 0.6) is 5.75 Å². The molecule has 2 aliphatic heterocycles. The number of ketones is 1. The van der Waals surface area contributed by atoms with Crippen molar-refractivity contribution < 1.29 is 38.2 Å². The van der Waals surface area contributed by atoms with Gasteiger partial charge in [-0.3, -0.25) is 14.4 Å². The van der Waals surface area contributed by atoms with Gasteiger partial charge in [0.1, 0.15) is 49.1 Å². The van der Waals surface area contributed by atoms with E-state index >= 15 is 0 Å². The lowest BCUT2D eigenvalue weighted by molar-refractivity contribution is -0.148. The van der Waals surface area contributed by atoms with Crippen LogP contribution in [-0.4, -0.2) is 90.9 Å². The Labute approximate surface area is 293 Å². The van der Waals surface area contributed by atoms with Crippen molar-refractivity contribution in [2.24, 2.45) is 5.92 Å². The number of methoxy groups -OCH3 is 1. The molecule has 2 saturated carbocycles. The molecule has 1 unspecified atom stereocenters. The highest BCUT2D eigenvalue weighted by Crippen LogP contribution is 2.46. The van der Waals surface area contributed by atoms with Crippen LogP contribution in [0, 0.1) is 12.8 Å². The number of ether oxygens (including phenoxy) is 3. The van der Waals surface area contributed by atoms with E-state index in [2.05, 4.69) is 15.6 Å². The molecule has 2 N–H and O–H groups in total. The van der Waals surface area contributed by atoms with Gasteiger partial charge in [0.05, 0.1) is 19.2 Å². The lowest BCUT2D eigenvalue weighted by Crippen LogP contribution is -2.56. The van der Waals surface area contributed by atoms with Crippen LogP contribution in [0.2, 0.25) is 6.32 Å². The number of para-hydroxylation sites is 1. The lowest BCUT2D eigenvalue weighted by Gasteiger charge is -2.29. The predicted octanol–water partition coefficient (Wildman–Crippen LogP) is 3.73. The highest BCUT2D eigenvalue weighted by Gasteiger charge is 2.62. The molecule has 1 aromatic carbocycles. The number of hydrogen-bond acceptors (Lipinski definition) is 9. The number of fused-ring (bicyclic) bond motifs is 3. The second kappa shape index (κ2) is 15.2. The SMILES string of the molecule is BCC(=O)c1cc(O[C@@H]2C[C@H]3C(=O)N[C@]4(C(=O)OC)CC4/C=C\CCCCC[C@H](NC(=O)OC4CCCC4)C(=O)N3C2)c2cccc(C)c2n1. The van der Waals surface area contributed by atoms with E-state index in [1.54, 1.807) is 13.9 Å². The number of aromatic nitrogens is 1. The first-order chi connectivity index (χ1) is 24.1. The van der Waals surface area contributed by atoms with Gasteiger partial charge in [0, 0.05) is 23.8 Å². The van der Waals surface area contributed by atoms with E-state index in [1.165, 1.54) is 12.0 Å². The molecule has 3 heterocycles. The number of allylic oxidation sites excluding steroid dienone is 1. The van der Waals surface area contributed by atoms with Gasteiger partial charge in [-0.2, -0.15) is 0 Å². The number of nitrogens with zero attached hydrogens (tertiary/aromatic N) is 2. The lowest BCUT2D eigenvalue weighted by atomic mass is 9.98. The van der Waals surface area contributed by atoms with E-state index in [9.17, 15) is 24.0 Å². The molecular weight excluding hydrogens is 639 g/mol. The highest BCUT2D eigenvalue weighted by atomic mass is 16.6. The zero-order valence-electron chi connectivity index (χ0n) is 29.2. The molecular formula is C37H47BN4O8. The van der Waals surface area contributed by atoms with Gasteiger partial charge in [-0.15, -0.1) is 0 Å². The topological polar surface area (TPSA) is 153 Å². The second-order valence-corrected chi connectivity index (χ2v) is 14.1. The van der Waals surface area contributed by atoms with Gasteiger partial charge in [0.15, 0.2) is 5.78 Å². The van der Waals surface area contributed by atoms with Crippen molar-refractivity contribution in [1.82, 2.24) is 20.5 Å². The van der Waals surface area contributed by atoms with Gasteiger partial charge >= 0.3 is 12.1 Å². The number of rotatable bonds is 7. The van der Waals surface area contributed by atoms with Crippen molar-refractivity contribution in [3.8, 4) is 5.75 Å². The molecule has 3 fully saturated rings. The molecule has 3 amide bonds. The van der Waals surface area contributed by atoms with Crippen molar-refractivity contribution in [3.63, 3.8) is 0 Å². The summed E-state index contributed by atoms with van der Waals surface area (Å²) in [4.78, 5) is 73.6. The molecule has 50 heavy (non-hydrogen) atoms. The van der Waals surface area contributed by atoms with Crippen LogP contribution in [0.25, 0.3) is 10.9 Å². The number of alkyl carbamates (subject to hydrolysis) is 1. The Morgan fingerprint density at radius 1 is 1.08 bits per heavy atom. The van der Waals surface area contributed by atoms with Crippen molar-refractivity contribution in [3.05, 3.63) is 47.7 Å². The standard InChI is InChI=1S/C37H47BN4O8/c1-22-11-10-15-26-31(18-28(30(43)20-38)39-32(22)26)49-25-17-29-33(44)41-37(35(46)48-2)19-23(37)12-6-4-3-5-7-16-27(34(45)42(29)21-25)40-36(47)50-24-13-8-9-14-24/h6,10-12,15,18,23-25,27,29H,3-5,7-9,13-14,16-17,19-21,38H2,1-2H3,(H,40,47)(H,41,44)/b12-6-/t23?,25-,27+,29+,37-/m1/s1. The number of esters is 1. The average molecular weight is 687 g/mol.